The van der Waals surface area contributed by atoms with Crippen molar-refractivity contribution in [1.29, 1.82) is 0 Å². The molecule has 53 valence electrons. The fourth-order valence-corrected chi connectivity index (χ4v) is 0.672. The van der Waals surface area contributed by atoms with Crippen LogP contribution in [0.4, 0.5) is 17.6 Å². The second-order valence-corrected chi connectivity index (χ2v) is 2.28. The van der Waals surface area contributed by atoms with Gasteiger partial charge in [0.05, 0.1) is 5.92 Å². The van der Waals surface area contributed by atoms with E-state index < -0.39 is 24.2 Å². The molecule has 1 aliphatic rings. The van der Waals surface area contributed by atoms with Crippen molar-refractivity contribution in [3.63, 3.8) is 0 Å². The van der Waals surface area contributed by atoms with E-state index in [2.05, 4.69) is 6.92 Å². The number of rotatable bonds is 1. The molecule has 1 radical (unpaired) electrons. The van der Waals surface area contributed by atoms with Crippen LogP contribution in [-0.4, -0.2) is 11.8 Å². The summed E-state index contributed by atoms with van der Waals surface area (Å²) < 4.78 is 47.2. The van der Waals surface area contributed by atoms with E-state index in [-0.39, 0.29) is 0 Å². The van der Waals surface area contributed by atoms with Gasteiger partial charge in [-0.1, -0.05) is 0 Å². The van der Waals surface area contributed by atoms with Crippen molar-refractivity contribution in [2.75, 3.05) is 0 Å². The van der Waals surface area contributed by atoms with Gasteiger partial charge in [-0.15, -0.1) is 0 Å². The van der Waals surface area contributed by atoms with Crippen LogP contribution in [0.25, 0.3) is 0 Å². The Morgan fingerprint density at radius 1 is 1.44 bits per heavy atom. The third kappa shape index (κ3) is 1.17. The smallest absolute Gasteiger partial charge is 0.206 e. The van der Waals surface area contributed by atoms with Gasteiger partial charge in [0.1, 0.15) is 0 Å². The standard InChI is InChI=1S/C5H5F4/c1-4(6,7)3-2-5(3,8)9/h3H,1-2H2. The minimum Gasteiger partial charge on any atom is -0.206 e. The van der Waals surface area contributed by atoms with E-state index in [9.17, 15) is 17.6 Å². The summed E-state index contributed by atoms with van der Waals surface area (Å²) in [7, 11) is 0. The topological polar surface area (TPSA) is 0 Å². The molecular weight excluding hydrogens is 136 g/mol. The maximum Gasteiger partial charge on any atom is 0.257 e. The first-order valence-electron chi connectivity index (χ1n) is 2.45. The molecule has 1 aliphatic carbocycles. The predicted octanol–water partition coefficient (Wildman–Crippen LogP) is 2.11. The summed E-state index contributed by atoms with van der Waals surface area (Å²) >= 11 is 0. The van der Waals surface area contributed by atoms with E-state index in [1.165, 1.54) is 0 Å². The van der Waals surface area contributed by atoms with Crippen LogP contribution in [0.2, 0.25) is 0 Å². The molecule has 0 aliphatic heterocycles. The third-order valence-corrected chi connectivity index (χ3v) is 1.34. The second kappa shape index (κ2) is 1.41. The normalized spacial score (nSPS) is 32.3. The van der Waals surface area contributed by atoms with E-state index in [1.54, 1.807) is 0 Å². The quantitative estimate of drug-likeness (QED) is 0.490. The third-order valence-electron chi connectivity index (χ3n) is 1.34. The van der Waals surface area contributed by atoms with Crippen LogP contribution in [0.1, 0.15) is 6.42 Å². The van der Waals surface area contributed by atoms with E-state index in [1.807, 2.05) is 0 Å². The molecular formula is C5H5F4. The lowest BCUT2D eigenvalue weighted by Crippen LogP contribution is -2.17. The van der Waals surface area contributed by atoms with Crippen molar-refractivity contribution < 1.29 is 17.6 Å². The second-order valence-electron chi connectivity index (χ2n) is 2.28. The number of halogens is 4. The summed E-state index contributed by atoms with van der Waals surface area (Å²) in [4.78, 5) is 0. The van der Waals surface area contributed by atoms with E-state index in [0.717, 1.165) is 0 Å². The Morgan fingerprint density at radius 2 is 1.78 bits per heavy atom. The summed E-state index contributed by atoms with van der Waals surface area (Å²) in [5.41, 5.74) is 0. The minimum atomic E-state index is -3.45. The highest BCUT2D eigenvalue weighted by molar-refractivity contribution is 5.04. The first kappa shape index (κ1) is 6.83. The van der Waals surface area contributed by atoms with Gasteiger partial charge in [-0.3, -0.25) is 0 Å². The highest BCUT2D eigenvalue weighted by atomic mass is 19.3. The van der Waals surface area contributed by atoms with Crippen LogP contribution in [0, 0.1) is 12.8 Å². The van der Waals surface area contributed by atoms with Gasteiger partial charge in [0, 0.05) is 13.3 Å². The van der Waals surface area contributed by atoms with Gasteiger partial charge in [-0.05, 0) is 0 Å². The van der Waals surface area contributed by atoms with Crippen molar-refractivity contribution in [2.45, 2.75) is 18.3 Å². The molecule has 0 aromatic carbocycles. The Hall–Kier alpha value is -0.280. The number of alkyl halides is 4. The molecule has 0 amide bonds. The van der Waals surface area contributed by atoms with Gasteiger partial charge in [-0.2, -0.15) is 0 Å². The lowest BCUT2D eigenvalue weighted by Gasteiger charge is -2.06. The zero-order chi connectivity index (χ0) is 7.28. The Balaban J connectivity index is 2.52. The lowest BCUT2D eigenvalue weighted by atomic mass is 10.2. The Morgan fingerprint density at radius 3 is 1.78 bits per heavy atom. The largest absolute Gasteiger partial charge is 0.257 e. The molecule has 0 nitrogen and oxygen atoms in total. The van der Waals surface area contributed by atoms with Crippen molar-refractivity contribution in [3.05, 3.63) is 6.92 Å². The van der Waals surface area contributed by atoms with Gasteiger partial charge in [0.25, 0.3) is 11.8 Å². The molecule has 1 saturated carbocycles. The van der Waals surface area contributed by atoms with Gasteiger partial charge < -0.3 is 0 Å². The van der Waals surface area contributed by atoms with Crippen LogP contribution < -0.4 is 0 Å². The van der Waals surface area contributed by atoms with Crippen LogP contribution in [0.3, 0.4) is 0 Å². The molecule has 0 aromatic rings. The number of hydrogen-bond donors (Lipinski definition) is 0. The summed E-state index contributed by atoms with van der Waals surface area (Å²) in [6.07, 6.45) is -0.719. The van der Waals surface area contributed by atoms with Crippen LogP contribution in [0.5, 0.6) is 0 Å². The van der Waals surface area contributed by atoms with Crippen molar-refractivity contribution >= 4 is 0 Å². The Labute approximate surface area is 49.9 Å². The van der Waals surface area contributed by atoms with Crippen LogP contribution >= 0.6 is 0 Å². The molecule has 1 atom stereocenters. The Kier molecular flexibility index (Phi) is 1.07. The average Bonchev–Trinajstić information content (AvgIpc) is 2.10. The molecule has 0 N–H and O–H groups in total. The minimum absolute atomic E-state index is 0.719. The number of hydrogen-bond acceptors (Lipinski definition) is 0. The molecule has 0 spiro atoms. The molecule has 0 bridgehead atoms. The van der Waals surface area contributed by atoms with E-state index in [0.29, 0.717) is 0 Å². The molecule has 4 heteroatoms. The first-order chi connectivity index (χ1) is 3.84. The fourth-order valence-electron chi connectivity index (χ4n) is 0.672. The monoisotopic (exact) mass is 141 g/mol. The van der Waals surface area contributed by atoms with Crippen molar-refractivity contribution in [2.24, 2.45) is 5.92 Å². The zero-order valence-electron chi connectivity index (χ0n) is 4.50. The summed E-state index contributed by atoms with van der Waals surface area (Å²) in [5, 5.41) is 0. The summed E-state index contributed by atoms with van der Waals surface area (Å²) in [6.45, 7) is 2.31. The van der Waals surface area contributed by atoms with Gasteiger partial charge in [0.15, 0.2) is 0 Å². The van der Waals surface area contributed by atoms with E-state index in [4.69, 9.17) is 0 Å². The molecule has 1 fully saturated rings. The molecule has 9 heavy (non-hydrogen) atoms. The molecule has 0 aromatic heterocycles. The maximum atomic E-state index is 11.8. The van der Waals surface area contributed by atoms with Crippen LogP contribution in [-0.2, 0) is 0 Å². The van der Waals surface area contributed by atoms with Crippen molar-refractivity contribution in [1.82, 2.24) is 0 Å². The maximum absolute atomic E-state index is 11.8. The SMILES string of the molecule is [CH2]C(F)(F)C1CC1(F)F. The molecule has 0 saturated heterocycles. The fraction of sp³-hybridized carbons (Fsp3) is 0.800. The van der Waals surface area contributed by atoms with Crippen molar-refractivity contribution in [3.8, 4) is 0 Å². The first-order valence-corrected chi connectivity index (χ1v) is 2.45. The van der Waals surface area contributed by atoms with Crippen LogP contribution in [0.15, 0.2) is 0 Å². The van der Waals surface area contributed by atoms with Gasteiger partial charge >= 0.3 is 0 Å². The lowest BCUT2D eigenvalue weighted by molar-refractivity contribution is -0.0242. The average molecular weight is 141 g/mol. The Bertz CT molecular complexity index is 123. The van der Waals surface area contributed by atoms with Gasteiger partial charge in [-0.25, -0.2) is 17.6 Å². The molecule has 0 heterocycles. The summed E-state index contributed by atoms with van der Waals surface area (Å²) in [6, 6.07) is 0. The van der Waals surface area contributed by atoms with Gasteiger partial charge in [0.2, 0.25) is 0 Å². The highest BCUT2D eigenvalue weighted by Gasteiger charge is 2.66. The highest BCUT2D eigenvalue weighted by Crippen LogP contribution is 2.56. The van der Waals surface area contributed by atoms with E-state index >= 15 is 0 Å². The molecule has 1 rings (SSSR count). The summed E-state index contributed by atoms with van der Waals surface area (Å²) in [5.74, 6) is -8.43. The molecule has 1 unspecified atom stereocenters. The zero-order valence-corrected chi connectivity index (χ0v) is 4.50. The predicted molar refractivity (Wildman–Crippen MR) is 23.4 cm³/mol.